The number of aromatic nitrogens is 1. The van der Waals surface area contributed by atoms with Gasteiger partial charge < -0.3 is 5.32 Å². The van der Waals surface area contributed by atoms with Crippen molar-refractivity contribution >= 4 is 28.3 Å². The molecule has 1 unspecified atom stereocenters. The van der Waals surface area contributed by atoms with E-state index in [2.05, 4.69) is 27.8 Å². The van der Waals surface area contributed by atoms with Crippen molar-refractivity contribution in [3.05, 3.63) is 29.8 Å². The van der Waals surface area contributed by atoms with Gasteiger partial charge in [0.1, 0.15) is 12.0 Å². The van der Waals surface area contributed by atoms with E-state index in [1.165, 1.54) is 12.3 Å². The molecule has 0 aliphatic rings. The summed E-state index contributed by atoms with van der Waals surface area (Å²) in [5, 5.41) is 5.64. The number of rotatable bonds is 3. The van der Waals surface area contributed by atoms with Gasteiger partial charge >= 0.3 is 0 Å². The Bertz CT molecular complexity index is 336. The second-order valence-electron chi connectivity index (χ2n) is 2.58. The van der Waals surface area contributed by atoms with E-state index in [0.29, 0.717) is 5.56 Å². The predicted octanol–water partition coefficient (Wildman–Crippen LogP) is 2.58. The van der Waals surface area contributed by atoms with Crippen LogP contribution in [0.4, 0.5) is 4.39 Å². The first-order valence-corrected chi connectivity index (χ1v) is 5.66. The standard InChI is InChI=1S/C8H9ClFN3S.C2H6/c1-11-7(13-8(9)14)5-2-6(10)4-12-3-5;1-2/h2-4,7,11H,1H3,(H,13,14);1-2H3. The lowest BCUT2D eigenvalue weighted by Gasteiger charge is -2.17. The zero-order chi connectivity index (χ0) is 12.6. The maximum Gasteiger partial charge on any atom is 0.168 e. The molecule has 0 fully saturated rings. The van der Waals surface area contributed by atoms with Crippen LogP contribution in [0.25, 0.3) is 0 Å². The molecule has 1 aromatic heterocycles. The molecular formula is C10H15ClFN3S. The molecule has 1 heterocycles. The van der Waals surface area contributed by atoms with Crippen LogP contribution in [0.3, 0.4) is 0 Å². The summed E-state index contributed by atoms with van der Waals surface area (Å²) in [7, 11) is 1.71. The van der Waals surface area contributed by atoms with Crippen LogP contribution in [0, 0.1) is 5.82 Å². The van der Waals surface area contributed by atoms with Crippen molar-refractivity contribution in [3.8, 4) is 0 Å². The van der Waals surface area contributed by atoms with Crippen molar-refractivity contribution in [1.82, 2.24) is 15.6 Å². The summed E-state index contributed by atoms with van der Waals surface area (Å²) < 4.78 is 12.9. The Hall–Kier alpha value is -0.780. The molecule has 0 aromatic carbocycles. The van der Waals surface area contributed by atoms with E-state index in [0.717, 1.165) is 6.20 Å². The number of halogens is 2. The topological polar surface area (TPSA) is 37.0 Å². The average Bonchev–Trinajstić information content (AvgIpc) is 2.28. The van der Waals surface area contributed by atoms with Crippen LogP contribution < -0.4 is 10.6 Å². The van der Waals surface area contributed by atoms with Crippen LogP contribution >= 0.6 is 23.8 Å². The number of thiocarbonyl (C=S) groups is 1. The number of nitrogens with one attached hydrogen (secondary N) is 2. The van der Waals surface area contributed by atoms with Gasteiger partial charge in [-0.2, -0.15) is 0 Å². The smallest absolute Gasteiger partial charge is 0.168 e. The molecule has 0 saturated carbocycles. The fraction of sp³-hybridized carbons (Fsp3) is 0.400. The first kappa shape index (κ1) is 15.2. The summed E-state index contributed by atoms with van der Waals surface area (Å²) in [4.78, 5) is 3.72. The molecule has 0 aliphatic heterocycles. The maximum atomic E-state index is 12.8. The van der Waals surface area contributed by atoms with Gasteiger partial charge in [0.2, 0.25) is 0 Å². The van der Waals surface area contributed by atoms with E-state index < -0.39 is 5.82 Å². The fourth-order valence-corrected chi connectivity index (χ4v) is 1.25. The second-order valence-corrected chi connectivity index (χ2v) is 3.59. The van der Waals surface area contributed by atoms with E-state index >= 15 is 0 Å². The van der Waals surface area contributed by atoms with Gasteiger partial charge in [-0.3, -0.25) is 10.3 Å². The van der Waals surface area contributed by atoms with Gasteiger partial charge in [0.25, 0.3) is 0 Å². The molecule has 6 heteroatoms. The molecule has 0 aliphatic carbocycles. The molecular weight excluding hydrogens is 249 g/mol. The Balaban J connectivity index is 0.00000106. The molecule has 0 radical (unpaired) electrons. The summed E-state index contributed by atoms with van der Waals surface area (Å²) in [6, 6.07) is 1.36. The SMILES string of the molecule is CC.CNC(NC(=S)Cl)c1cncc(F)c1. The molecule has 2 N–H and O–H groups in total. The van der Waals surface area contributed by atoms with E-state index in [-0.39, 0.29) is 10.6 Å². The largest absolute Gasteiger partial charge is 0.347 e. The maximum absolute atomic E-state index is 12.8. The predicted molar refractivity (Wildman–Crippen MR) is 68.9 cm³/mol. The first-order valence-electron chi connectivity index (χ1n) is 4.87. The minimum atomic E-state index is -0.398. The van der Waals surface area contributed by atoms with Crippen LogP contribution in [0.1, 0.15) is 25.6 Å². The van der Waals surface area contributed by atoms with E-state index in [4.69, 9.17) is 11.6 Å². The number of hydrogen-bond acceptors (Lipinski definition) is 3. The molecule has 90 valence electrons. The average molecular weight is 264 g/mol. The highest BCUT2D eigenvalue weighted by Crippen LogP contribution is 2.09. The molecule has 16 heavy (non-hydrogen) atoms. The van der Waals surface area contributed by atoms with Gasteiger partial charge in [0.05, 0.1) is 6.20 Å². The first-order chi connectivity index (χ1) is 7.63. The van der Waals surface area contributed by atoms with Crippen molar-refractivity contribution in [1.29, 1.82) is 0 Å². The van der Waals surface area contributed by atoms with Gasteiger partial charge in [-0.1, -0.05) is 25.4 Å². The van der Waals surface area contributed by atoms with Gasteiger partial charge in [0.15, 0.2) is 4.45 Å². The Kier molecular flexibility index (Phi) is 7.97. The third-order valence-electron chi connectivity index (χ3n) is 1.61. The van der Waals surface area contributed by atoms with Crippen molar-refractivity contribution in [3.63, 3.8) is 0 Å². The molecule has 1 atom stereocenters. The number of nitrogens with zero attached hydrogens (tertiary/aromatic N) is 1. The second kappa shape index (κ2) is 8.38. The molecule has 1 rings (SSSR count). The summed E-state index contributed by atoms with van der Waals surface area (Å²) in [6.45, 7) is 4.00. The lowest BCUT2D eigenvalue weighted by atomic mass is 10.2. The molecule has 3 nitrogen and oxygen atoms in total. The number of hydrogen-bond donors (Lipinski definition) is 2. The van der Waals surface area contributed by atoms with Crippen LogP contribution in [-0.2, 0) is 0 Å². The summed E-state index contributed by atoms with van der Waals surface area (Å²) in [6.07, 6.45) is 2.34. The minimum Gasteiger partial charge on any atom is -0.347 e. The van der Waals surface area contributed by atoms with Crippen LogP contribution in [0.15, 0.2) is 18.5 Å². The van der Waals surface area contributed by atoms with Crippen LogP contribution in [0.2, 0.25) is 0 Å². The minimum absolute atomic E-state index is 0.119. The van der Waals surface area contributed by atoms with Crippen LogP contribution in [-0.4, -0.2) is 16.5 Å². The van der Waals surface area contributed by atoms with Crippen molar-refractivity contribution < 1.29 is 4.39 Å². The molecule has 1 aromatic rings. The van der Waals surface area contributed by atoms with Crippen LogP contribution in [0.5, 0.6) is 0 Å². The van der Waals surface area contributed by atoms with Gasteiger partial charge in [-0.15, -0.1) is 0 Å². The Labute approximate surface area is 105 Å². The molecule has 0 saturated heterocycles. The van der Waals surface area contributed by atoms with E-state index in [1.54, 1.807) is 7.05 Å². The Morgan fingerprint density at radius 1 is 1.50 bits per heavy atom. The normalized spacial score (nSPS) is 11.1. The lowest BCUT2D eigenvalue weighted by molar-refractivity contribution is 0.552. The highest BCUT2D eigenvalue weighted by molar-refractivity contribution is 7.83. The Morgan fingerprint density at radius 2 is 2.12 bits per heavy atom. The van der Waals surface area contributed by atoms with Gasteiger partial charge in [0, 0.05) is 11.8 Å². The summed E-state index contributed by atoms with van der Waals surface area (Å²) in [5.41, 5.74) is 0.635. The van der Waals surface area contributed by atoms with Gasteiger partial charge in [-0.05, 0) is 25.3 Å². The van der Waals surface area contributed by atoms with Gasteiger partial charge in [-0.25, -0.2) is 4.39 Å². The highest BCUT2D eigenvalue weighted by Gasteiger charge is 2.10. The highest BCUT2D eigenvalue weighted by atomic mass is 35.5. The molecule has 0 spiro atoms. The van der Waals surface area contributed by atoms with E-state index in [1.807, 2.05) is 13.8 Å². The zero-order valence-electron chi connectivity index (χ0n) is 9.42. The van der Waals surface area contributed by atoms with Crippen molar-refractivity contribution in [2.24, 2.45) is 0 Å². The molecule has 0 bridgehead atoms. The zero-order valence-corrected chi connectivity index (χ0v) is 11.0. The summed E-state index contributed by atoms with van der Waals surface area (Å²) in [5.74, 6) is -0.398. The fourth-order valence-electron chi connectivity index (χ4n) is 1.02. The number of pyridine rings is 1. The lowest BCUT2D eigenvalue weighted by Crippen LogP contribution is -2.33. The summed E-state index contributed by atoms with van der Waals surface area (Å²) >= 11 is 10.2. The van der Waals surface area contributed by atoms with Crippen molar-refractivity contribution in [2.75, 3.05) is 7.05 Å². The monoisotopic (exact) mass is 263 g/mol. The molecule has 0 amide bonds. The third-order valence-corrected chi connectivity index (χ3v) is 1.83. The van der Waals surface area contributed by atoms with Crippen molar-refractivity contribution in [2.45, 2.75) is 20.0 Å². The quantitative estimate of drug-likeness (QED) is 0.380. The Morgan fingerprint density at radius 3 is 2.56 bits per heavy atom. The van der Waals surface area contributed by atoms with E-state index in [9.17, 15) is 4.39 Å². The third kappa shape index (κ3) is 5.34.